The van der Waals surface area contributed by atoms with Crippen molar-refractivity contribution in [1.82, 2.24) is 0 Å². The van der Waals surface area contributed by atoms with Crippen molar-refractivity contribution >= 4 is 23.5 Å². The Morgan fingerprint density at radius 1 is 1.15 bits per heavy atom. The van der Waals surface area contributed by atoms with E-state index < -0.39 is 5.82 Å². The summed E-state index contributed by atoms with van der Waals surface area (Å²) in [6, 6.07) is 14.2. The molecule has 0 atom stereocenters. The van der Waals surface area contributed by atoms with Gasteiger partial charge in [-0.3, -0.25) is 4.79 Å². The van der Waals surface area contributed by atoms with Crippen LogP contribution in [0.2, 0.25) is 5.02 Å². The van der Waals surface area contributed by atoms with Crippen LogP contribution in [0.25, 0.3) is 6.08 Å². The van der Waals surface area contributed by atoms with Gasteiger partial charge >= 0.3 is 0 Å². The molecule has 0 unspecified atom stereocenters. The average molecular weight is 387 g/mol. The zero-order valence-electron chi connectivity index (χ0n) is 14.4. The first-order chi connectivity index (χ1) is 13.0. The van der Waals surface area contributed by atoms with Crippen LogP contribution >= 0.6 is 11.6 Å². The van der Waals surface area contributed by atoms with Gasteiger partial charge in [0.1, 0.15) is 35.4 Å². The van der Waals surface area contributed by atoms with Gasteiger partial charge in [0.2, 0.25) is 0 Å². The van der Waals surface area contributed by atoms with Crippen molar-refractivity contribution in [3.8, 4) is 11.5 Å². The standard InChI is InChI=1S/C21H16ClFO4/c1-25-16-5-2-14(3-6-16)20(24)10-9-17-7-8-18(27-17)13-26-21-11-4-15(23)12-19(21)22/h2-12H,13H2,1H3/b10-9+. The number of halogens is 2. The molecule has 4 nitrogen and oxygen atoms in total. The predicted octanol–water partition coefficient (Wildman–Crippen LogP) is 5.56. The van der Waals surface area contributed by atoms with E-state index in [1.807, 2.05) is 0 Å². The fourth-order valence-corrected chi connectivity index (χ4v) is 2.53. The van der Waals surface area contributed by atoms with E-state index >= 15 is 0 Å². The van der Waals surface area contributed by atoms with Crippen molar-refractivity contribution in [3.05, 3.63) is 88.6 Å². The van der Waals surface area contributed by atoms with E-state index in [9.17, 15) is 9.18 Å². The maximum Gasteiger partial charge on any atom is 0.185 e. The molecule has 1 heterocycles. The van der Waals surface area contributed by atoms with Crippen LogP contribution in [0.15, 0.2) is 65.1 Å². The Hall–Kier alpha value is -3.05. The summed E-state index contributed by atoms with van der Waals surface area (Å²) in [5.41, 5.74) is 0.549. The number of hydrogen-bond acceptors (Lipinski definition) is 4. The third-order valence-corrected chi connectivity index (χ3v) is 4.02. The number of benzene rings is 2. The number of methoxy groups -OCH3 is 1. The van der Waals surface area contributed by atoms with Crippen molar-refractivity contribution in [3.63, 3.8) is 0 Å². The molecule has 6 heteroatoms. The smallest absolute Gasteiger partial charge is 0.185 e. The molecule has 0 aliphatic rings. The van der Waals surface area contributed by atoms with E-state index in [1.165, 1.54) is 24.3 Å². The number of carbonyl (C=O) groups is 1. The highest BCUT2D eigenvalue weighted by Crippen LogP contribution is 2.26. The maximum atomic E-state index is 13.0. The van der Waals surface area contributed by atoms with Gasteiger partial charge in [-0.05, 0) is 66.7 Å². The van der Waals surface area contributed by atoms with Gasteiger partial charge in [0, 0.05) is 5.56 Å². The van der Waals surface area contributed by atoms with Crippen LogP contribution in [-0.4, -0.2) is 12.9 Å². The zero-order valence-corrected chi connectivity index (χ0v) is 15.2. The Kier molecular flexibility index (Phi) is 5.94. The second-order valence-electron chi connectivity index (χ2n) is 5.59. The van der Waals surface area contributed by atoms with Crippen LogP contribution < -0.4 is 9.47 Å². The molecule has 0 bridgehead atoms. The third-order valence-electron chi connectivity index (χ3n) is 3.72. The van der Waals surface area contributed by atoms with Crippen molar-refractivity contribution < 1.29 is 23.1 Å². The van der Waals surface area contributed by atoms with E-state index in [4.69, 9.17) is 25.5 Å². The van der Waals surface area contributed by atoms with Gasteiger partial charge in [0.15, 0.2) is 5.78 Å². The van der Waals surface area contributed by atoms with Crippen LogP contribution in [0, 0.1) is 5.82 Å². The lowest BCUT2D eigenvalue weighted by molar-refractivity contribution is 0.104. The van der Waals surface area contributed by atoms with E-state index in [-0.39, 0.29) is 17.4 Å². The lowest BCUT2D eigenvalue weighted by Crippen LogP contribution is -1.94. The van der Waals surface area contributed by atoms with Crippen LogP contribution in [0.4, 0.5) is 4.39 Å². The highest BCUT2D eigenvalue weighted by atomic mass is 35.5. The highest BCUT2D eigenvalue weighted by molar-refractivity contribution is 6.32. The molecular weight excluding hydrogens is 371 g/mol. The molecule has 138 valence electrons. The van der Waals surface area contributed by atoms with Crippen LogP contribution in [-0.2, 0) is 6.61 Å². The molecule has 0 amide bonds. The first-order valence-electron chi connectivity index (χ1n) is 8.08. The molecule has 2 aromatic carbocycles. The number of ether oxygens (including phenoxy) is 2. The topological polar surface area (TPSA) is 48.7 Å². The Labute approximate surface area is 160 Å². The zero-order chi connectivity index (χ0) is 19.2. The minimum Gasteiger partial charge on any atom is -0.497 e. The van der Waals surface area contributed by atoms with E-state index in [1.54, 1.807) is 49.6 Å². The van der Waals surface area contributed by atoms with E-state index in [0.29, 0.717) is 28.6 Å². The average Bonchev–Trinajstić information content (AvgIpc) is 3.13. The van der Waals surface area contributed by atoms with Gasteiger partial charge in [-0.2, -0.15) is 0 Å². The number of allylic oxidation sites excluding steroid dienone is 1. The molecule has 3 rings (SSSR count). The van der Waals surface area contributed by atoms with Gasteiger partial charge in [0.25, 0.3) is 0 Å². The molecule has 0 aliphatic heterocycles. The third kappa shape index (κ3) is 4.99. The Bertz CT molecular complexity index is 961. The summed E-state index contributed by atoms with van der Waals surface area (Å²) in [6.45, 7) is 0.131. The van der Waals surface area contributed by atoms with E-state index in [2.05, 4.69) is 0 Å². The summed E-state index contributed by atoms with van der Waals surface area (Å²) < 4.78 is 29.2. The van der Waals surface area contributed by atoms with Crippen molar-refractivity contribution in [2.75, 3.05) is 7.11 Å². The van der Waals surface area contributed by atoms with E-state index in [0.717, 1.165) is 0 Å². The molecule has 1 aromatic heterocycles. The highest BCUT2D eigenvalue weighted by Gasteiger charge is 2.07. The summed E-state index contributed by atoms with van der Waals surface area (Å²) in [6.07, 6.45) is 3.02. The first kappa shape index (κ1) is 18.7. The molecule has 27 heavy (non-hydrogen) atoms. The Morgan fingerprint density at radius 3 is 2.63 bits per heavy atom. The lowest BCUT2D eigenvalue weighted by atomic mass is 10.1. The number of rotatable bonds is 7. The fourth-order valence-electron chi connectivity index (χ4n) is 2.31. The van der Waals surface area contributed by atoms with Gasteiger partial charge in [-0.25, -0.2) is 4.39 Å². The second kappa shape index (κ2) is 8.56. The number of furan rings is 1. The molecule has 0 spiro atoms. The second-order valence-corrected chi connectivity index (χ2v) is 6.00. The molecular formula is C21H16ClFO4. The van der Waals surface area contributed by atoms with Gasteiger partial charge in [-0.15, -0.1) is 0 Å². The molecule has 0 aliphatic carbocycles. The van der Waals surface area contributed by atoms with Crippen LogP contribution in [0.1, 0.15) is 21.9 Å². The van der Waals surface area contributed by atoms with Crippen LogP contribution in [0.3, 0.4) is 0 Å². The Morgan fingerprint density at radius 2 is 1.93 bits per heavy atom. The van der Waals surface area contributed by atoms with Crippen molar-refractivity contribution in [2.45, 2.75) is 6.61 Å². The Balaban J connectivity index is 1.59. The first-order valence-corrected chi connectivity index (χ1v) is 8.46. The van der Waals surface area contributed by atoms with Crippen molar-refractivity contribution in [2.24, 2.45) is 0 Å². The maximum absolute atomic E-state index is 13.0. The molecule has 3 aromatic rings. The van der Waals surface area contributed by atoms with Crippen molar-refractivity contribution in [1.29, 1.82) is 0 Å². The molecule has 0 saturated heterocycles. The number of carbonyl (C=O) groups excluding carboxylic acids is 1. The lowest BCUT2D eigenvalue weighted by Gasteiger charge is -2.05. The monoisotopic (exact) mass is 386 g/mol. The summed E-state index contributed by atoms with van der Waals surface area (Å²) in [5, 5.41) is 0.187. The van der Waals surface area contributed by atoms with Gasteiger partial charge in [-0.1, -0.05) is 11.6 Å². The molecule has 0 N–H and O–H groups in total. The quantitative estimate of drug-likeness (QED) is 0.394. The molecule has 0 saturated carbocycles. The van der Waals surface area contributed by atoms with Crippen LogP contribution in [0.5, 0.6) is 11.5 Å². The minimum atomic E-state index is -0.431. The fraction of sp³-hybridized carbons (Fsp3) is 0.0952. The normalized spacial score (nSPS) is 10.9. The van der Waals surface area contributed by atoms with Gasteiger partial charge < -0.3 is 13.9 Å². The number of ketones is 1. The summed E-state index contributed by atoms with van der Waals surface area (Å²) in [4.78, 5) is 12.2. The van der Waals surface area contributed by atoms with Gasteiger partial charge in [0.05, 0.1) is 12.1 Å². The summed E-state index contributed by atoms with van der Waals surface area (Å²) >= 11 is 5.91. The number of hydrogen-bond donors (Lipinski definition) is 0. The SMILES string of the molecule is COc1ccc(C(=O)/C=C/c2ccc(COc3ccc(F)cc3Cl)o2)cc1. The summed E-state index contributed by atoms with van der Waals surface area (Å²) in [7, 11) is 1.57. The molecule has 0 radical (unpaired) electrons. The summed E-state index contributed by atoms with van der Waals surface area (Å²) in [5.74, 6) is 1.53. The minimum absolute atomic E-state index is 0.131. The predicted molar refractivity (Wildman–Crippen MR) is 101 cm³/mol. The molecule has 0 fully saturated rings. The largest absolute Gasteiger partial charge is 0.497 e.